The van der Waals surface area contributed by atoms with Crippen molar-refractivity contribution in [3.8, 4) is 0 Å². The summed E-state index contributed by atoms with van der Waals surface area (Å²) in [5.41, 5.74) is 7.98. The van der Waals surface area contributed by atoms with E-state index >= 15 is 0 Å². The van der Waals surface area contributed by atoms with Crippen molar-refractivity contribution in [3.05, 3.63) is 35.4 Å². The van der Waals surface area contributed by atoms with E-state index in [-0.39, 0.29) is 11.3 Å². The van der Waals surface area contributed by atoms with Gasteiger partial charge in [-0.15, -0.1) is 0 Å². The van der Waals surface area contributed by atoms with E-state index in [1.54, 1.807) is 0 Å². The van der Waals surface area contributed by atoms with E-state index in [0.29, 0.717) is 13.1 Å². The molecule has 1 aromatic carbocycles. The predicted octanol–water partition coefficient (Wildman–Crippen LogP) is 2.47. The second-order valence-corrected chi connectivity index (χ2v) is 5.70. The van der Waals surface area contributed by atoms with Crippen LogP contribution in [-0.2, 0) is 11.3 Å². The lowest BCUT2D eigenvalue weighted by atomic mass is 10.0. The highest BCUT2D eigenvalue weighted by molar-refractivity contribution is 5.85. The van der Waals surface area contributed by atoms with E-state index < -0.39 is 0 Å². The lowest BCUT2D eigenvalue weighted by Crippen LogP contribution is -2.40. The van der Waals surface area contributed by atoms with Gasteiger partial charge in [-0.2, -0.15) is 0 Å². The summed E-state index contributed by atoms with van der Waals surface area (Å²) in [5.74, 6) is 0.248. The fraction of sp³-hybridized carbons (Fsp3) is 0.562. The van der Waals surface area contributed by atoms with Crippen molar-refractivity contribution in [2.75, 3.05) is 13.1 Å². The van der Waals surface area contributed by atoms with Gasteiger partial charge in [0.05, 0.1) is 5.41 Å². The SMILES string of the molecule is CCCN(Cc1ccc(C)cc1)C(=O)C1(CN)CC1. The number of carbonyl (C=O) groups excluding carboxylic acids is 1. The van der Waals surface area contributed by atoms with E-state index in [2.05, 4.69) is 38.1 Å². The molecule has 0 aliphatic heterocycles. The number of rotatable bonds is 6. The van der Waals surface area contributed by atoms with Crippen LogP contribution in [0, 0.1) is 12.3 Å². The zero-order valence-corrected chi connectivity index (χ0v) is 12.0. The molecule has 0 bridgehead atoms. The highest BCUT2D eigenvalue weighted by Gasteiger charge is 2.50. The molecule has 1 fully saturated rings. The van der Waals surface area contributed by atoms with Crippen molar-refractivity contribution in [1.82, 2.24) is 4.90 Å². The zero-order valence-electron chi connectivity index (χ0n) is 12.0. The van der Waals surface area contributed by atoms with Gasteiger partial charge in [0, 0.05) is 19.6 Å². The quantitative estimate of drug-likeness (QED) is 0.854. The summed E-state index contributed by atoms with van der Waals surface area (Å²) in [6.07, 6.45) is 2.89. The molecule has 3 nitrogen and oxygen atoms in total. The first-order chi connectivity index (χ1) is 9.11. The molecular weight excluding hydrogens is 236 g/mol. The molecule has 0 spiro atoms. The third kappa shape index (κ3) is 3.16. The minimum Gasteiger partial charge on any atom is -0.338 e. The van der Waals surface area contributed by atoms with Gasteiger partial charge in [-0.25, -0.2) is 0 Å². The molecule has 2 N–H and O–H groups in total. The van der Waals surface area contributed by atoms with E-state index in [1.807, 2.05) is 4.90 Å². The predicted molar refractivity (Wildman–Crippen MR) is 77.6 cm³/mol. The Morgan fingerprint density at radius 3 is 2.42 bits per heavy atom. The molecule has 19 heavy (non-hydrogen) atoms. The summed E-state index contributed by atoms with van der Waals surface area (Å²) in [6, 6.07) is 8.40. The molecule has 3 heteroatoms. The Hall–Kier alpha value is -1.35. The number of nitrogens with zero attached hydrogens (tertiary/aromatic N) is 1. The van der Waals surface area contributed by atoms with Gasteiger partial charge < -0.3 is 10.6 Å². The second kappa shape index (κ2) is 5.74. The maximum Gasteiger partial charge on any atom is 0.230 e. The second-order valence-electron chi connectivity index (χ2n) is 5.70. The topological polar surface area (TPSA) is 46.3 Å². The van der Waals surface area contributed by atoms with Gasteiger partial charge in [-0.1, -0.05) is 36.8 Å². The molecule has 0 radical (unpaired) electrons. The monoisotopic (exact) mass is 260 g/mol. The summed E-state index contributed by atoms with van der Waals surface area (Å²) in [4.78, 5) is 14.5. The van der Waals surface area contributed by atoms with Gasteiger partial charge in [0.1, 0.15) is 0 Å². The van der Waals surface area contributed by atoms with Gasteiger partial charge in [0.15, 0.2) is 0 Å². The molecule has 0 unspecified atom stereocenters. The van der Waals surface area contributed by atoms with E-state index in [1.165, 1.54) is 11.1 Å². The number of hydrogen-bond acceptors (Lipinski definition) is 2. The third-order valence-electron chi connectivity index (χ3n) is 3.97. The molecule has 0 saturated heterocycles. The van der Waals surface area contributed by atoms with Crippen LogP contribution in [0.2, 0.25) is 0 Å². The molecule has 0 aromatic heterocycles. The highest BCUT2D eigenvalue weighted by atomic mass is 16.2. The van der Waals surface area contributed by atoms with Crippen LogP contribution >= 0.6 is 0 Å². The molecule has 1 aliphatic carbocycles. The van der Waals surface area contributed by atoms with Crippen molar-refractivity contribution >= 4 is 5.91 Å². The average molecular weight is 260 g/mol. The number of amides is 1. The molecular formula is C16H24N2O. The normalized spacial score (nSPS) is 16.2. The molecule has 1 aromatic rings. The summed E-state index contributed by atoms with van der Waals surface area (Å²) < 4.78 is 0. The minimum absolute atomic E-state index is 0.236. The Morgan fingerprint density at radius 1 is 1.32 bits per heavy atom. The lowest BCUT2D eigenvalue weighted by Gasteiger charge is -2.26. The molecule has 1 amide bonds. The van der Waals surface area contributed by atoms with Crippen LogP contribution in [0.15, 0.2) is 24.3 Å². The van der Waals surface area contributed by atoms with Crippen LogP contribution < -0.4 is 5.73 Å². The summed E-state index contributed by atoms with van der Waals surface area (Å²) in [7, 11) is 0. The van der Waals surface area contributed by atoms with Gasteiger partial charge in [-0.05, 0) is 31.7 Å². The molecule has 0 heterocycles. The van der Waals surface area contributed by atoms with Crippen LogP contribution in [0.5, 0.6) is 0 Å². The number of hydrogen-bond donors (Lipinski definition) is 1. The molecule has 1 saturated carbocycles. The number of nitrogens with two attached hydrogens (primary N) is 1. The van der Waals surface area contributed by atoms with Crippen molar-refractivity contribution in [2.24, 2.45) is 11.1 Å². The van der Waals surface area contributed by atoms with Crippen LogP contribution in [-0.4, -0.2) is 23.9 Å². The smallest absolute Gasteiger partial charge is 0.230 e. The number of benzene rings is 1. The Bertz CT molecular complexity index is 435. The maximum absolute atomic E-state index is 12.6. The van der Waals surface area contributed by atoms with Crippen LogP contribution in [0.4, 0.5) is 0 Å². The average Bonchev–Trinajstić information content (AvgIpc) is 3.21. The Kier molecular flexibility index (Phi) is 4.25. The first-order valence-corrected chi connectivity index (χ1v) is 7.16. The van der Waals surface area contributed by atoms with Crippen molar-refractivity contribution < 1.29 is 4.79 Å². The highest BCUT2D eigenvalue weighted by Crippen LogP contribution is 2.46. The summed E-state index contributed by atoms with van der Waals surface area (Å²) in [6.45, 7) is 6.19. The largest absolute Gasteiger partial charge is 0.338 e. The van der Waals surface area contributed by atoms with Crippen LogP contribution in [0.3, 0.4) is 0 Å². The fourth-order valence-corrected chi connectivity index (χ4v) is 2.43. The van der Waals surface area contributed by atoms with E-state index in [0.717, 1.165) is 25.8 Å². The Morgan fingerprint density at radius 2 is 1.95 bits per heavy atom. The lowest BCUT2D eigenvalue weighted by molar-refractivity contribution is -0.137. The molecule has 0 atom stereocenters. The molecule has 104 valence electrons. The van der Waals surface area contributed by atoms with Gasteiger partial charge >= 0.3 is 0 Å². The number of aryl methyl sites for hydroxylation is 1. The third-order valence-corrected chi connectivity index (χ3v) is 3.97. The first-order valence-electron chi connectivity index (χ1n) is 7.16. The van der Waals surface area contributed by atoms with Crippen LogP contribution in [0.1, 0.15) is 37.3 Å². The van der Waals surface area contributed by atoms with Crippen molar-refractivity contribution in [3.63, 3.8) is 0 Å². The van der Waals surface area contributed by atoms with Gasteiger partial charge in [-0.3, -0.25) is 4.79 Å². The van der Waals surface area contributed by atoms with E-state index in [9.17, 15) is 4.79 Å². The number of carbonyl (C=O) groups is 1. The van der Waals surface area contributed by atoms with E-state index in [4.69, 9.17) is 5.73 Å². The minimum atomic E-state index is -0.236. The van der Waals surface area contributed by atoms with Crippen molar-refractivity contribution in [1.29, 1.82) is 0 Å². The Balaban J connectivity index is 2.07. The van der Waals surface area contributed by atoms with Crippen molar-refractivity contribution in [2.45, 2.75) is 39.7 Å². The van der Waals surface area contributed by atoms with Gasteiger partial charge in [0.2, 0.25) is 5.91 Å². The maximum atomic E-state index is 12.6. The zero-order chi connectivity index (χ0) is 13.9. The standard InChI is InChI=1S/C16H24N2O/c1-3-10-18(15(19)16(12-17)8-9-16)11-14-6-4-13(2)5-7-14/h4-7H,3,8-12,17H2,1-2H3. The summed E-state index contributed by atoms with van der Waals surface area (Å²) in [5, 5.41) is 0. The molecule has 1 aliphatic rings. The summed E-state index contributed by atoms with van der Waals surface area (Å²) >= 11 is 0. The fourth-order valence-electron chi connectivity index (χ4n) is 2.43. The van der Waals surface area contributed by atoms with Crippen LogP contribution in [0.25, 0.3) is 0 Å². The van der Waals surface area contributed by atoms with Gasteiger partial charge in [0.25, 0.3) is 0 Å². The Labute approximate surface area is 115 Å². The molecule has 2 rings (SSSR count). The first kappa shape index (κ1) is 14.1.